The number of hydrogen-bond donors (Lipinski definition) is 1. The van der Waals surface area contributed by atoms with Gasteiger partial charge in [-0.15, -0.1) is 0 Å². The van der Waals surface area contributed by atoms with Gasteiger partial charge in [-0.2, -0.15) is 0 Å². The molecule has 0 radical (unpaired) electrons. The van der Waals surface area contributed by atoms with Gasteiger partial charge >= 0.3 is 0 Å². The molecule has 1 rings (SSSR count). The van der Waals surface area contributed by atoms with Gasteiger partial charge in [0.05, 0.1) is 12.7 Å². The van der Waals surface area contributed by atoms with E-state index in [1.165, 1.54) is 0 Å². The van der Waals surface area contributed by atoms with Crippen molar-refractivity contribution in [2.45, 2.75) is 26.0 Å². The van der Waals surface area contributed by atoms with Crippen LogP contribution in [-0.4, -0.2) is 37.4 Å². The topological polar surface area (TPSA) is 24.5 Å². The molecule has 60 valence electrons. The number of morpholine rings is 1. The summed E-state index contributed by atoms with van der Waals surface area (Å²) in [6.07, 6.45) is 0.348. The summed E-state index contributed by atoms with van der Waals surface area (Å²) in [5.41, 5.74) is 3.14. The van der Waals surface area contributed by atoms with Crippen LogP contribution in [0.25, 0.3) is 0 Å². The summed E-state index contributed by atoms with van der Waals surface area (Å²) in [6, 6.07) is 0.485. The van der Waals surface area contributed by atoms with Gasteiger partial charge in [-0.25, -0.2) is 5.01 Å². The van der Waals surface area contributed by atoms with Crippen molar-refractivity contribution in [1.82, 2.24) is 10.4 Å². The van der Waals surface area contributed by atoms with Crippen molar-refractivity contribution < 1.29 is 4.74 Å². The van der Waals surface area contributed by atoms with Crippen LogP contribution in [0.2, 0.25) is 0 Å². The number of rotatable bonds is 1. The molecular weight excluding hydrogens is 128 g/mol. The van der Waals surface area contributed by atoms with E-state index in [1.54, 1.807) is 0 Å². The van der Waals surface area contributed by atoms with E-state index >= 15 is 0 Å². The zero-order chi connectivity index (χ0) is 7.56. The maximum absolute atomic E-state index is 5.44. The molecule has 0 spiro atoms. The highest BCUT2D eigenvalue weighted by Crippen LogP contribution is 2.09. The van der Waals surface area contributed by atoms with Crippen molar-refractivity contribution in [1.29, 1.82) is 0 Å². The maximum Gasteiger partial charge on any atom is 0.0714 e. The summed E-state index contributed by atoms with van der Waals surface area (Å²) in [4.78, 5) is 0. The van der Waals surface area contributed by atoms with E-state index in [1.807, 2.05) is 7.05 Å². The monoisotopic (exact) mass is 144 g/mol. The highest BCUT2D eigenvalue weighted by Gasteiger charge is 2.23. The van der Waals surface area contributed by atoms with Crippen LogP contribution in [0.15, 0.2) is 0 Å². The summed E-state index contributed by atoms with van der Waals surface area (Å²) in [6.45, 7) is 6.10. The van der Waals surface area contributed by atoms with Gasteiger partial charge in [0.2, 0.25) is 0 Å². The van der Waals surface area contributed by atoms with Gasteiger partial charge in [-0.3, -0.25) is 5.43 Å². The molecule has 0 bridgehead atoms. The van der Waals surface area contributed by atoms with E-state index in [2.05, 4.69) is 24.3 Å². The van der Waals surface area contributed by atoms with Gasteiger partial charge in [0.15, 0.2) is 0 Å². The Bertz CT molecular complexity index is 108. The third-order valence-electron chi connectivity index (χ3n) is 2.17. The lowest BCUT2D eigenvalue weighted by molar-refractivity contribution is -0.0724. The molecule has 0 aromatic rings. The van der Waals surface area contributed by atoms with Crippen molar-refractivity contribution in [3.8, 4) is 0 Å². The summed E-state index contributed by atoms with van der Waals surface area (Å²) in [5, 5.41) is 2.20. The number of hydrogen-bond acceptors (Lipinski definition) is 3. The highest BCUT2D eigenvalue weighted by molar-refractivity contribution is 4.73. The minimum Gasteiger partial charge on any atom is -0.375 e. The second kappa shape index (κ2) is 3.32. The van der Waals surface area contributed by atoms with Crippen LogP contribution in [0.4, 0.5) is 0 Å². The van der Waals surface area contributed by atoms with E-state index in [9.17, 15) is 0 Å². The van der Waals surface area contributed by atoms with Crippen molar-refractivity contribution in [2.24, 2.45) is 0 Å². The average molecular weight is 144 g/mol. The molecule has 0 saturated carbocycles. The van der Waals surface area contributed by atoms with Gasteiger partial charge in [-0.1, -0.05) is 0 Å². The molecule has 3 heteroatoms. The van der Waals surface area contributed by atoms with Crippen LogP contribution < -0.4 is 5.43 Å². The van der Waals surface area contributed by atoms with Gasteiger partial charge in [-0.05, 0) is 20.9 Å². The van der Waals surface area contributed by atoms with Crippen molar-refractivity contribution in [2.75, 3.05) is 20.2 Å². The molecule has 0 aliphatic carbocycles. The van der Waals surface area contributed by atoms with E-state index in [0.29, 0.717) is 12.1 Å². The second-order valence-corrected chi connectivity index (χ2v) is 2.73. The highest BCUT2D eigenvalue weighted by atomic mass is 16.5. The molecule has 2 unspecified atom stereocenters. The molecule has 2 atom stereocenters. The average Bonchev–Trinajstić information content (AvgIpc) is 1.95. The predicted molar refractivity (Wildman–Crippen MR) is 40.6 cm³/mol. The molecule has 0 aromatic carbocycles. The lowest BCUT2D eigenvalue weighted by Gasteiger charge is -2.36. The van der Waals surface area contributed by atoms with Gasteiger partial charge in [0.1, 0.15) is 0 Å². The molecule has 1 saturated heterocycles. The van der Waals surface area contributed by atoms with Crippen molar-refractivity contribution >= 4 is 0 Å². The van der Waals surface area contributed by atoms with Crippen LogP contribution in [-0.2, 0) is 4.74 Å². The largest absolute Gasteiger partial charge is 0.375 e. The van der Waals surface area contributed by atoms with Gasteiger partial charge in [0, 0.05) is 12.6 Å². The van der Waals surface area contributed by atoms with Crippen molar-refractivity contribution in [3.05, 3.63) is 0 Å². The SMILES string of the molecule is CNN1CCOC(C)C1C. The first-order valence-electron chi connectivity index (χ1n) is 3.81. The standard InChI is InChI=1S/C7H16N2O/c1-6-7(2)10-5-4-9(6)8-3/h6-8H,4-5H2,1-3H3. The number of hydrazine groups is 1. The summed E-state index contributed by atoms with van der Waals surface area (Å²) >= 11 is 0. The van der Waals surface area contributed by atoms with E-state index in [0.717, 1.165) is 13.2 Å². The molecule has 1 heterocycles. The Labute approximate surface area is 62.3 Å². The Kier molecular flexibility index (Phi) is 2.65. The first kappa shape index (κ1) is 7.98. The normalized spacial score (nSPS) is 36.3. The molecule has 1 fully saturated rings. The summed E-state index contributed by atoms with van der Waals surface area (Å²) < 4.78 is 5.44. The lowest BCUT2D eigenvalue weighted by Crippen LogP contribution is -2.53. The van der Waals surface area contributed by atoms with Crippen LogP contribution >= 0.6 is 0 Å². The summed E-state index contributed by atoms with van der Waals surface area (Å²) in [7, 11) is 1.95. The van der Waals surface area contributed by atoms with Gasteiger partial charge in [0.25, 0.3) is 0 Å². The molecule has 1 aliphatic rings. The van der Waals surface area contributed by atoms with Crippen LogP contribution in [0.3, 0.4) is 0 Å². The van der Waals surface area contributed by atoms with Crippen LogP contribution in [0, 0.1) is 0 Å². The fourth-order valence-corrected chi connectivity index (χ4v) is 1.25. The Morgan fingerprint density at radius 3 is 2.70 bits per heavy atom. The molecule has 3 nitrogen and oxygen atoms in total. The number of nitrogens with zero attached hydrogens (tertiary/aromatic N) is 1. The molecular formula is C7H16N2O. The van der Waals surface area contributed by atoms with Crippen LogP contribution in [0.5, 0.6) is 0 Å². The first-order chi connectivity index (χ1) is 4.75. The molecule has 0 aromatic heterocycles. The first-order valence-corrected chi connectivity index (χ1v) is 3.81. The van der Waals surface area contributed by atoms with E-state index in [-0.39, 0.29) is 0 Å². The smallest absolute Gasteiger partial charge is 0.0714 e. The number of nitrogens with one attached hydrogen (secondary N) is 1. The Balaban J connectivity index is 2.42. The maximum atomic E-state index is 5.44. The zero-order valence-electron chi connectivity index (χ0n) is 6.92. The van der Waals surface area contributed by atoms with Gasteiger partial charge < -0.3 is 4.74 Å². The fraction of sp³-hybridized carbons (Fsp3) is 1.00. The molecule has 1 N–H and O–H groups in total. The zero-order valence-corrected chi connectivity index (χ0v) is 6.92. The quantitative estimate of drug-likeness (QED) is 0.570. The second-order valence-electron chi connectivity index (χ2n) is 2.73. The Morgan fingerprint density at radius 1 is 1.50 bits per heavy atom. The molecule has 1 aliphatic heterocycles. The lowest BCUT2D eigenvalue weighted by atomic mass is 10.2. The van der Waals surface area contributed by atoms with E-state index in [4.69, 9.17) is 4.74 Å². The third kappa shape index (κ3) is 1.48. The fourth-order valence-electron chi connectivity index (χ4n) is 1.25. The predicted octanol–water partition coefficient (Wildman–Crippen LogP) is 0.230. The van der Waals surface area contributed by atoms with Crippen molar-refractivity contribution in [3.63, 3.8) is 0 Å². The van der Waals surface area contributed by atoms with E-state index < -0.39 is 0 Å². The molecule has 10 heavy (non-hydrogen) atoms. The minimum absolute atomic E-state index is 0.348. The summed E-state index contributed by atoms with van der Waals surface area (Å²) in [5.74, 6) is 0. The third-order valence-corrected chi connectivity index (χ3v) is 2.17. The minimum atomic E-state index is 0.348. The molecule has 0 amide bonds. The Morgan fingerprint density at radius 2 is 2.20 bits per heavy atom. The van der Waals surface area contributed by atoms with Crippen LogP contribution in [0.1, 0.15) is 13.8 Å². The number of ether oxygens (including phenoxy) is 1. The Hall–Kier alpha value is -0.120.